The van der Waals surface area contributed by atoms with Crippen molar-refractivity contribution in [1.82, 2.24) is 4.98 Å². The van der Waals surface area contributed by atoms with E-state index in [0.717, 1.165) is 5.39 Å². The van der Waals surface area contributed by atoms with Gasteiger partial charge in [0.2, 0.25) is 0 Å². The second kappa shape index (κ2) is 6.18. The Morgan fingerprint density at radius 2 is 1.96 bits per heavy atom. The Bertz CT molecular complexity index is 1060. The molecular formula is C17H13N3O3S. The lowest BCUT2D eigenvalue weighted by Crippen LogP contribution is -2.15. The molecule has 1 N–H and O–H groups in total. The lowest BCUT2D eigenvalue weighted by atomic mass is 10.2. The summed E-state index contributed by atoms with van der Waals surface area (Å²) in [5.74, 6) is 0.502. The summed E-state index contributed by atoms with van der Waals surface area (Å²) < 4.78 is 33.1. The second-order valence-electron chi connectivity index (χ2n) is 4.96. The van der Waals surface area contributed by atoms with Crippen LogP contribution in [0.4, 0.5) is 5.69 Å². The average molecular weight is 339 g/mol. The second-order valence-corrected chi connectivity index (χ2v) is 6.61. The zero-order valence-electron chi connectivity index (χ0n) is 12.7. The quantitative estimate of drug-likeness (QED) is 0.789. The largest absolute Gasteiger partial charge is 0.497 e. The number of hydrogen-bond donors (Lipinski definition) is 1. The number of nitrogens with one attached hydrogen (secondary N) is 1. The van der Waals surface area contributed by atoms with Crippen molar-refractivity contribution in [2.75, 3.05) is 11.8 Å². The van der Waals surface area contributed by atoms with Crippen LogP contribution in [0.5, 0.6) is 5.75 Å². The van der Waals surface area contributed by atoms with Gasteiger partial charge in [0.15, 0.2) is 0 Å². The molecule has 0 radical (unpaired) electrons. The first-order valence-corrected chi connectivity index (χ1v) is 8.48. The molecule has 0 fully saturated rings. The Hall–Kier alpha value is -3.11. The molecule has 1 aromatic heterocycles. The Labute approximate surface area is 139 Å². The third-order valence-electron chi connectivity index (χ3n) is 3.46. The Morgan fingerprint density at radius 3 is 2.71 bits per heavy atom. The highest BCUT2D eigenvalue weighted by atomic mass is 32.2. The van der Waals surface area contributed by atoms with Crippen molar-refractivity contribution in [1.29, 1.82) is 5.26 Å². The number of pyridine rings is 1. The first kappa shape index (κ1) is 15.8. The van der Waals surface area contributed by atoms with Crippen molar-refractivity contribution < 1.29 is 13.2 Å². The van der Waals surface area contributed by atoms with Gasteiger partial charge in [0.1, 0.15) is 16.7 Å². The number of benzene rings is 2. The molecule has 3 aromatic rings. The fourth-order valence-corrected chi connectivity index (χ4v) is 3.57. The Kier molecular flexibility index (Phi) is 4.06. The monoisotopic (exact) mass is 339 g/mol. The van der Waals surface area contributed by atoms with E-state index in [1.807, 2.05) is 12.1 Å². The normalized spacial score (nSPS) is 11.0. The lowest BCUT2D eigenvalue weighted by molar-refractivity contribution is 0.415. The molecule has 120 valence electrons. The number of anilines is 1. The van der Waals surface area contributed by atoms with Gasteiger partial charge in [0.25, 0.3) is 10.0 Å². The summed E-state index contributed by atoms with van der Waals surface area (Å²) in [6.45, 7) is 0. The summed E-state index contributed by atoms with van der Waals surface area (Å²) in [6, 6.07) is 14.8. The van der Waals surface area contributed by atoms with E-state index in [-0.39, 0.29) is 16.1 Å². The van der Waals surface area contributed by atoms with Gasteiger partial charge in [0.05, 0.1) is 23.9 Å². The molecule has 0 spiro atoms. The number of rotatable bonds is 4. The number of sulfonamides is 1. The summed E-state index contributed by atoms with van der Waals surface area (Å²) in [7, 11) is -2.44. The number of nitrogens with zero attached hydrogens (tertiary/aromatic N) is 2. The lowest BCUT2D eigenvalue weighted by Gasteiger charge is -2.12. The molecule has 24 heavy (non-hydrogen) atoms. The van der Waals surface area contributed by atoms with Gasteiger partial charge in [-0.1, -0.05) is 18.2 Å². The SMILES string of the molecule is COc1cc(NS(=O)(=O)c2ccccc2C#N)c2ncccc2c1. The van der Waals surface area contributed by atoms with Crippen molar-refractivity contribution in [3.8, 4) is 11.8 Å². The van der Waals surface area contributed by atoms with Crippen LogP contribution >= 0.6 is 0 Å². The predicted molar refractivity (Wildman–Crippen MR) is 90.3 cm³/mol. The van der Waals surface area contributed by atoms with Crippen LogP contribution < -0.4 is 9.46 Å². The van der Waals surface area contributed by atoms with E-state index in [4.69, 9.17) is 10.00 Å². The van der Waals surface area contributed by atoms with E-state index in [1.165, 1.54) is 19.2 Å². The number of fused-ring (bicyclic) bond motifs is 1. The smallest absolute Gasteiger partial charge is 0.263 e. The molecule has 0 saturated carbocycles. The van der Waals surface area contributed by atoms with E-state index < -0.39 is 10.0 Å². The van der Waals surface area contributed by atoms with Crippen molar-refractivity contribution in [3.63, 3.8) is 0 Å². The van der Waals surface area contributed by atoms with Crippen LogP contribution in [0.15, 0.2) is 59.6 Å². The molecular weight excluding hydrogens is 326 g/mol. The number of nitriles is 1. The molecule has 0 saturated heterocycles. The summed E-state index contributed by atoms with van der Waals surface area (Å²) in [6.07, 6.45) is 1.58. The maximum absolute atomic E-state index is 12.7. The van der Waals surface area contributed by atoms with Crippen molar-refractivity contribution in [2.24, 2.45) is 0 Å². The number of hydrogen-bond acceptors (Lipinski definition) is 5. The van der Waals surface area contributed by atoms with Crippen LogP contribution in [0.3, 0.4) is 0 Å². The topological polar surface area (TPSA) is 92.1 Å². The number of ether oxygens (including phenoxy) is 1. The van der Waals surface area contributed by atoms with Crippen LogP contribution in [0.2, 0.25) is 0 Å². The van der Waals surface area contributed by atoms with Crippen LogP contribution in [0.1, 0.15) is 5.56 Å². The van der Waals surface area contributed by atoms with E-state index in [2.05, 4.69) is 9.71 Å². The maximum Gasteiger partial charge on any atom is 0.263 e. The van der Waals surface area contributed by atoms with Crippen molar-refractivity contribution in [2.45, 2.75) is 4.90 Å². The van der Waals surface area contributed by atoms with Gasteiger partial charge < -0.3 is 4.74 Å². The van der Waals surface area contributed by atoms with E-state index in [9.17, 15) is 8.42 Å². The third-order valence-corrected chi connectivity index (χ3v) is 4.88. The first-order chi connectivity index (χ1) is 11.5. The molecule has 3 rings (SSSR count). The van der Waals surface area contributed by atoms with Gasteiger partial charge in [-0.05, 0) is 24.3 Å². The minimum atomic E-state index is -3.94. The van der Waals surface area contributed by atoms with Gasteiger partial charge in [-0.15, -0.1) is 0 Å². The zero-order valence-corrected chi connectivity index (χ0v) is 13.5. The minimum Gasteiger partial charge on any atom is -0.497 e. The zero-order chi connectivity index (χ0) is 17.2. The molecule has 0 aliphatic heterocycles. The molecule has 0 unspecified atom stereocenters. The highest BCUT2D eigenvalue weighted by Gasteiger charge is 2.20. The fraction of sp³-hybridized carbons (Fsp3) is 0.0588. The Morgan fingerprint density at radius 1 is 1.17 bits per heavy atom. The molecule has 2 aromatic carbocycles. The summed E-state index contributed by atoms with van der Waals surface area (Å²) >= 11 is 0. The van der Waals surface area contributed by atoms with Crippen LogP contribution in [0, 0.1) is 11.3 Å². The maximum atomic E-state index is 12.7. The van der Waals surface area contributed by atoms with Crippen LogP contribution in [0.25, 0.3) is 10.9 Å². The van der Waals surface area contributed by atoms with Crippen LogP contribution in [-0.2, 0) is 10.0 Å². The summed E-state index contributed by atoms with van der Waals surface area (Å²) in [5.41, 5.74) is 0.860. The molecule has 0 aliphatic rings. The van der Waals surface area contributed by atoms with Crippen LogP contribution in [-0.4, -0.2) is 20.5 Å². The average Bonchev–Trinajstić information content (AvgIpc) is 2.61. The molecule has 1 heterocycles. The van der Waals surface area contributed by atoms with Gasteiger partial charge >= 0.3 is 0 Å². The predicted octanol–water partition coefficient (Wildman–Crippen LogP) is 2.92. The van der Waals surface area contributed by atoms with Gasteiger partial charge in [-0.3, -0.25) is 9.71 Å². The minimum absolute atomic E-state index is 0.0742. The number of aromatic nitrogens is 1. The summed E-state index contributed by atoms with van der Waals surface area (Å²) in [5, 5.41) is 9.87. The van der Waals surface area contributed by atoms with Crippen molar-refractivity contribution >= 4 is 26.6 Å². The molecule has 0 amide bonds. The first-order valence-electron chi connectivity index (χ1n) is 7.00. The highest BCUT2D eigenvalue weighted by Crippen LogP contribution is 2.29. The third kappa shape index (κ3) is 2.87. The summed E-state index contributed by atoms with van der Waals surface area (Å²) in [4.78, 5) is 4.15. The molecule has 0 aliphatic carbocycles. The van der Waals surface area contributed by atoms with Gasteiger partial charge in [-0.2, -0.15) is 5.26 Å². The van der Waals surface area contributed by atoms with E-state index >= 15 is 0 Å². The van der Waals surface area contributed by atoms with Gasteiger partial charge in [0, 0.05) is 17.6 Å². The standard InChI is InChI=1S/C17H13N3O3S/c1-23-14-9-12-6-4-8-19-17(12)15(10-14)20-24(21,22)16-7-3-2-5-13(16)11-18/h2-10,20H,1H3. The fourth-order valence-electron chi connectivity index (χ4n) is 2.35. The van der Waals surface area contributed by atoms with Crippen molar-refractivity contribution in [3.05, 3.63) is 60.3 Å². The molecule has 0 bridgehead atoms. The van der Waals surface area contributed by atoms with E-state index in [0.29, 0.717) is 11.3 Å². The molecule has 6 nitrogen and oxygen atoms in total. The highest BCUT2D eigenvalue weighted by molar-refractivity contribution is 7.92. The van der Waals surface area contributed by atoms with Gasteiger partial charge in [-0.25, -0.2) is 8.42 Å². The molecule has 7 heteroatoms. The number of methoxy groups -OCH3 is 1. The molecule has 0 atom stereocenters. The Balaban J connectivity index is 2.14. The van der Waals surface area contributed by atoms with E-state index in [1.54, 1.807) is 36.5 Å².